The Bertz CT molecular complexity index is 308. The van der Waals surface area contributed by atoms with Crippen LogP contribution in [-0.2, 0) is 6.54 Å². The molecule has 64 valence electrons. The maximum absolute atomic E-state index is 10.1. The van der Waals surface area contributed by atoms with Crippen LogP contribution in [0.5, 0.6) is 0 Å². The molecule has 1 heterocycles. The average Bonchev–Trinajstić information content (AvgIpc) is 2.48. The van der Waals surface area contributed by atoms with Crippen molar-refractivity contribution in [2.75, 3.05) is 0 Å². The van der Waals surface area contributed by atoms with E-state index in [1.807, 2.05) is 0 Å². The number of hydrogen-bond donors (Lipinski definition) is 0. The van der Waals surface area contributed by atoms with Crippen molar-refractivity contribution in [2.24, 2.45) is 0 Å². The van der Waals surface area contributed by atoms with Crippen LogP contribution >= 0.6 is 11.6 Å². The molecule has 7 heteroatoms. The fourth-order valence-corrected chi connectivity index (χ4v) is 0.684. The molecular formula is C5H5ClN4O2. The van der Waals surface area contributed by atoms with E-state index in [4.69, 9.17) is 11.6 Å². The van der Waals surface area contributed by atoms with Gasteiger partial charge in [0, 0.05) is 10.6 Å². The topological polar surface area (TPSA) is 73.8 Å². The van der Waals surface area contributed by atoms with Crippen molar-refractivity contribution in [3.8, 4) is 0 Å². The maximum Gasteiger partial charge on any atom is 0.490 e. The number of nitrogens with zero attached hydrogens (tertiary/aromatic N) is 4. The van der Waals surface area contributed by atoms with Gasteiger partial charge in [-0.25, -0.2) is 0 Å². The first-order valence-electron chi connectivity index (χ1n) is 3.03. The SMILES string of the molecule is O=[N+]([O-])c1ncn(C/C=C/Cl)n1. The summed E-state index contributed by atoms with van der Waals surface area (Å²) in [4.78, 5) is 12.9. The second-order valence-corrected chi connectivity index (χ2v) is 2.14. The Morgan fingerprint density at radius 1 is 1.83 bits per heavy atom. The Morgan fingerprint density at radius 2 is 2.58 bits per heavy atom. The lowest BCUT2D eigenvalue weighted by atomic mass is 10.6. The zero-order chi connectivity index (χ0) is 8.97. The molecule has 0 unspecified atom stereocenters. The molecule has 0 aliphatic heterocycles. The highest BCUT2D eigenvalue weighted by Crippen LogP contribution is 1.99. The Morgan fingerprint density at radius 3 is 3.08 bits per heavy atom. The summed E-state index contributed by atoms with van der Waals surface area (Å²) in [6.45, 7) is 0.379. The van der Waals surface area contributed by atoms with Gasteiger partial charge in [0.05, 0.1) is 6.54 Å². The molecule has 0 saturated heterocycles. The smallest absolute Gasteiger partial charge is 0.390 e. The van der Waals surface area contributed by atoms with Crippen molar-refractivity contribution in [3.63, 3.8) is 0 Å². The van der Waals surface area contributed by atoms with E-state index in [0.717, 1.165) is 0 Å². The van der Waals surface area contributed by atoms with Crippen LogP contribution in [0.4, 0.5) is 5.95 Å². The number of nitro groups is 1. The van der Waals surface area contributed by atoms with Gasteiger partial charge in [0.2, 0.25) is 6.33 Å². The van der Waals surface area contributed by atoms with E-state index in [2.05, 4.69) is 10.1 Å². The van der Waals surface area contributed by atoms with Crippen molar-refractivity contribution in [3.05, 3.63) is 28.1 Å². The van der Waals surface area contributed by atoms with Crippen LogP contribution in [0.15, 0.2) is 17.9 Å². The molecule has 0 radical (unpaired) electrons. The molecule has 1 rings (SSSR count). The van der Waals surface area contributed by atoms with Gasteiger partial charge in [0.25, 0.3) is 0 Å². The molecule has 0 aromatic carbocycles. The molecule has 12 heavy (non-hydrogen) atoms. The quantitative estimate of drug-likeness (QED) is 0.523. The zero-order valence-corrected chi connectivity index (χ0v) is 6.68. The summed E-state index contributed by atoms with van der Waals surface area (Å²) in [5.74, 6) is -0.405. The molecule has 1 aromatic rings. The minimum Gasteiger partial charge on any atom is -0.390 e. The van der Waals surface area contributed by atoms with Crippen LogP contribution in [0, 0.1) is 10.1 Å². The molecule has 0 atom stereocenters. The van der Waals surface area contributed by atoms with E-state index < -0.39 is 10.9 Å². The van der Waals surface area contributed by atoms with E-state index in [-0.39, 0.29) is 0 Å². The van der Waals surface area contributed by atoms with E-state index >= 15 is 0 Å². The second kappa shape index (κ2) is 3.82. The summed E-state index contributed by atoms with van der Waals surface area (Å²) in [6, 6.07) is 0. The first kappa shape index (κ1) is 8.66. The standard InChI is InChI=1S/C5H5ClN4O2/c6-2-1-3-9-4-7-5(8-9)10(11)12/h1-2,4H,3H2/b2-1+. The lowest BCUT2D eigenvalue weighted by Crippen LogP contribution is -1.97. The van der Waals surface area contributed by atoms with Crippen molar-refractivity contribution in [1.82, 2.24) is 14.8 Å². The van der Waals surface area contributed by atoms with Crippen molar-refractivity contribution < 1.29 is 4.92 Å². The van der Waals surface area contributed by atoms with E-state index in [1.54, 1.807) is 6.08 Å². The molecule has 1 aromatic heterocycles. The zero-order valence-electron chi connectivity index (χ0n) is 5.92. The molecule has 0 N–H and O–H groups in total. The second-order valence-electron chi connectivity index (χ2n) is 1.89. The van der Waals surface area contributed by atoms with E-state index in [0.29, 0.717) is 6.54 Å². The molecule has 0 fully saturated rings. The number of hydrogen-bond acceptors (Lipinski definition) is 4. The first-order chi connectivity index (χ1) is 5.74. The van der Waals surface area contributed by atoms with Gasteiger partial charge in [-0.3, -0.25) is 0 Å². The van der Waals surface area contributed by atoms with Gasteiger partial charge in [-0.05, 0) is 4.92 Å². The van der Waals surface area contributed by atoms with Crippen molar-refractivity contribution in [2.45, 2.75) is 6.54 Å². The van der Waals surface area contributed by atoms with Crippen molar-refractivity contribution >= 4 is 17.5 Å². The summed E-state index contributed by atoms with van der Waals surface area (Å²) < 4.78 is 1.32. The van der Waals surface area contributed by atoms with E-state index in [9.17, 15) is 10.1 Å². The highest BCUT2D eigenvalue weighted by atomic mass is 35.5. The Hall–Kier alpha value is -1.43. The largest absolute Gasteiger partial charge is 0.490 e. The van der Waals surface area contributed by atoms with Gasteiger partial charge in [-0.15, -0.1) is 0 Å². The molecule has 0 bridgehead atoms. The van der Waals surface area contributed by atoms with E-state index in [1.165, 1.54) is 16.5 Å². The van der Waals surface area contributed by atoms with Crippen molar-refractivity contribution in [1.29, 1.82) is 0 Å². The summed E-state index contributed by atoms with van der Waals surface area (Å²) in [6.07, 6.45) is 2.87. The minimum atomic E-state index is -0.652. The third-order valence-electron chi connectivity index (χ3n) is 1.07. The number of aromatic nitrogens is 3. The lowest BCUT2D eigenvalue weighted by molar-refractivity contribution is -0.394. The summed E-state index contributed by atoms with van der Waals surface area (Å²) in [7, 11) is 0. The Labute approximate surface area is 72.6 Å². The maximum atomic E-state index is 10.1. The predicted molar refractivity (Wildman–Crippen MR) is 41.7 cm³/mol. The molecule has 0 spiro atoms. The average molecular weight is 189 g/mol. The molecule has 0 aliphatic rings. The van der Waals surface area contributed by atoms with Crippen LogP contribution in [-0.4, -0.2) is 19.7 Å². The lowest BCUT2D eigenvalue weighted by Gasteiger charge is -1.85. The Balaban J connectivity index is 2.70. The van der Waals surface area contributed by atoms with Crippen LogP contribution in [0.1, 0.15) is 0 Å². The van der Waals surface area contributed by atoms with Gasteiger partial charge in [0.15, 0.2) is 0 Å². The van der Waals surface area contributed by atoms with Gasteiger partial charge in [0.1, 0.15) is 0 Å². The van der Waals surface area contributed by atoms with Crippen LogP contribution in [0.2, 0.25) is 0 Å². The van der Waals surface area contributed by atoms with Crippen LogP contribution < -0.4 is 0 Å². The van der Waals surface area contributed by atoms with Gasteiger partial charge in [-0.2, -0.15) is 4.68 Å². The summed E-state index contributed by atoms with van der Waals surface area (Å²) in [5.41, 5.74) is 1.31. The highest BCUT2D eigenvalue weighted by molar-refractivity contribution is 6.25. The molecule has 6 nitrogen and oxygen atoms in total. The fraction of sp³-hybridized carbons (Fsp3) is 0.200. The molecule has 0 saturated carbocycles. The fourth-order valence-electron chi connectivity index (χ4n) is 0.604. The Kier molecular flexibility index (Phi) is 2.76. The predicted octanol–water partition coefficient (Wildman–Crippen LogP) is 0.939. The first-order valence-corrected chi connectivity index (χ1v) is 3.46. The molecule has 0 aliphatic carbocycles. The monoisotopic (exact) mass is 188 g/mol. The molecular weight excluding hydrogens is 184 g/mol. The third kappa shape index (κ3) is 2.03. The molecule has 0 amide bonds. The number of rotatable bonds is 3. The summed E-state index contributed by atoms with van der Waals surface area (Å²) >= 11 is 5.24. The van der Waals surface area contributed by atoms with Gasteiger partial charge in [-0.1, -0.05) is 22.7 Å². The van der Waals surface area contributed by atoms with Crippen LogP contribution in [0.25, 0.3) is 0 Å². The number of allylic oxidation sites excluding steroid dienone is 1. The van der Waals surface area contributed by atoms with Gasteiger partial charge < -0.3 is 10.1 Å². The van der Waals surface area contributed by atoms with Gasteiger partial charge >= 0.3 is 5.95 Å². The third-order valence-corrected chi connectivity index (χ3v) is 1.25. The van der Waals surface area contributed by atoms with Crippen LogP contribution in [0.3, 0.4) is 0 Å². The number of halogens is 1. The minimum absolute atomic E-state index is 0.379. The highest BCUT2D eigenvalue weighted by Gasteiger charge is 2.11. The normalized spacial score (nSPS) is 10.8. The summed E-state index contributed by atoms with van der Waals surface area (Å²) in [5, 5.41) is 13.7.